The molecule has 0 fully saturated rings. The molecule has 11 heteroatoms. The summed E-state index contributed by atoms with van der Waals surface area (Å²) in [5, 5.41) is 12.9. The Kier molecular flexibility index (Phi) is 6.28. The van der Waals surface area contributed by atoms with Crippen molar-refractivity contribution in [2.45, 2.75) is 32.0 Å². The Morgan fingerprint density at radius 2 is 1.94 bits per heavy atom. The van der Waals surface area contributed by atoms with Gasteiger partial charge in [0.2, 0.25) is 0 Å². The molecule has 0 atom stereocenters. The van der Waals surface area contributed by atoms with Gasteiger partial charge in [0.15, 0.2) is 11.5 Å². The van der Waals surface area contributed by atoms with Crippen LogP contribution in [0.3, 0.4) is 0 Å². The zero-order valence-electron chi connectivity index (χ0n) is 16.9. The third-order valence-corrected chi connectivity index (χ3v) is 5.04. The van der Waals surface area contributed by atoms with E-state index in [1.165, 1.54) is 24.4 Å². The van der Waals surface area contributed by atoms with Gasteiger partial charge in [0, 0.05) is 24.4 Å². The van der Waals surface area contributed by atoms with Crippen LogP contribution in [0, 0.1) is 5.82 Å². The Labute approximate surface area is 179 Å². The van der Waals surface area contributed by atoms with Crippen molar-refractivity contribution >= 4 is 29.0 Å². The molecule has 2 N–H and O–H groups in total. The zero-order chi connectivity index (χ0) is 23.0. The predicted molar refractivity (Wildman–Crippen MR) is 110 cm³/mol. The number of hydrogen-bond donors (Lipinski definition) is 2. The van der Waals surface area contributed by atoms with Crippen LogP contribution in [0.2, 0.25) is 0 Å². The molecule has 6 nitrogen and oxygen atoms in total. The number of imidazole rings is 1. The second-order valence-corrected chi connectivity index (χ2v) is 8.34. The number of fused-ring (bicyclic) bond motifs is 1. The lowest BCUT2D eigenvalue weighted by molar-refractivity contribution is -0.141. The maximum atomic E-state index is 15.3. The van der Waals surface area contributed by atoms with Crippen molar-refractivity contribution in [2.24, 2.45) is 0 Å². The lowest BCUT2D eigenvalue weighted by atomic mass is 9.97. The van der Waals surface area contributed by atoms with Gasteiger partial charge in [-0.25, -0.2) is 14.4 Å². The van der Waals surface area contributed by atoms with Crippen LogP contribution in [0.25, 0.3) is 5.65 Å². The number of hydrogen-bond acceptors (Lipinski definition) is 5. The normalized spacial score (nSPS) is 12.4. The van der Waals surface area contributed by atoms with E-state index < -0.39 is 34.9 Å². The minimum atomic E-state index is -4.72. The molecule has 0 radical (unpaired) electrons. The second-order valence-electron chi connectivity index (χ2n) is 7.36. The molecule has 0 unspecified atom stereocenters. The van der Waals surface area contributed by atoms with Gasteiger partial charge in [-0.15, -0.1) is 0 Å². The number of carbonyl (C=O) groups excluding carboxylic acids is 1. The first-order valence-corrected chi connectivity index (χ1v) is 10.6. The van der Waals surface area contributed by atoms with E-state index >= 15 is 4.39 Å². The summed E-state index contributed by atoms with van der Waals surface area (Å²) >= 11 is 1.60. The van der Waals surface area contributed by atoms with E-state index in [1.807, 2.05) is 6.26 Å². The highest BCUT2D eigenvalue weighted by atomic mass is 32.2. The van der Waals surface area contributed by atoms with E-state index in [-0.39, 0.29) is 16.9 Å². The number of amides is 1. The molecule has 0 saturated heterocycles. The Hall–Kier alpha value is -2.66. The first-order chi connectivity index (χ1) is 14.4. The molecular weight excluding hydrogens is 436 g/mol. The highest BCUT2D eigenvalue weighted by molar-refractivity contribution is 7.98. The van der Waals surface area contributed by atoms with Crippen molar-refractivity contribution in [3.8, 4) is 0 Å². The van der Waals surface area contributed by atoms with Crippen LogP contribution in [0.1, 0.15) is 41.3 Å². The molecule has 3 heterocycles. The Bertz CT molecular complexity index is 1120. The zero-order valence-corrected chi connectivity index (χ0v) is 17.7. The van der Waals surface area contributed by atoms with Crippen LogP contribution in [0.5, 0.6) is 0 Å². The third kappa shape index (κ3) is 4.99. The molecule has 0 aliphatic carbocycles. The van der Waals surface area contributed by atoms with Crippen LogP contribution in [0.4, 0.5) is 23.2 Å². The number of alkyl halides is 3. The molecule has 0 aromatic carbocycles. The number of carbonyl (C=O) groups is 1. The SMILES string of the molecule is CSCCc1cn2cc(NC(=O)c3cccc(C(F)(F)F)n3)c(C(C)(C)O)c(F)c2n1. The average Bonchev–Trinajstić information content (AvgIpc) is 3.08. The number of aryl methyl sites for hydroxylation is 1. The molecule has 0 aliphatic heterocycles. The number of aliphatic hydroxyl groups is 1. The van der Waals surface area contributed by atoms with E-state index in [0.29, 0.717) is 12.1 Å². The fourth-order valence-corrected chi connectivity index (χ4v) is 3.48. The molecule has 166 valence electrons. The summed E-state index contributed by atoms with van der Waals surface area (Å²) in [6.45, 7) is 2.66. The molecule has 0 aliphatic rings. The fraction of sp³-hybridized carbons (Fsp3) is 0.350. The summed E-state index contributed by atoms with van der Waals surface area (Å²) < 4.78 is 55.4. The van der Waals surface area contributed by atoms with Gasteiger partial charge in [-0.2, -0.15) is 24.9 Å². The van der Waals surface area contributed by atoms with Crippen molar-refractivity contribution < 1.29 is 27.5 Å². The molecular formula is C20H20F4N4O2S. The van der Waals surface area contributed by atoms with Gasteiger partial charge in [-0.05, 0) is 38.0 Å². The topological polar surface area (TPSA) is 79.5 Å². The minimum absolute atomic E-state index is 0.0246. The van der Waals surface area contributed by atoms with E-state index in [4.69, 9.17) is 0 Å². The molecule has 0 spiro atoms. The van der Waals surface area contributed by atoms with Gasteiger partial charge in [0.25, 0.3) is 5.91 Å². The number of halogens is 4. The third-order valence-electron chi connectivity index (χ3n) is 4.43. The largest absolute Gasteiger partial charge is 0.433 e. The first kappa shape index (κ1) is 23.0. The number of anilines is 1. The van der Waals surface area contributed by atoms with E-state index in [0.717, 1.165) is 24.0 Å². The van der Waals surface area contributed by atoms with Crippen LogP contribution in [-0.4, -0.2) is 37.4 Å². The molecule has 0 saturated carbocycles. The summed E-state index contributed by atoms with van der Waals surface area (Å²) in [4.78, 5) is 20.2. The highest BCUT2D eigenvalue weighted by Gasteiger charge is 2.33. The van der Waals surface area contributed by atoms with Gasteiger partial charge in [-0.3, -0.25) is 4.79 Å². The van der Waals surface area contributed by atoms with Crippen LogP contribution < -0.4 is 5.32 Å². The monoisotopic (exact) mass is 456 g/mol. The first-order valence-electron chi connectivity index (χ1n) is 9.19. The Morgan fingerprint density at radius 3 is 2.55 bits per heavy atom. The van der Waals surface area contributed by atoms with Crippen molar-refractivity contribution in [3.63, 3.8) is 0 Å². The predicted octanol–water partition coefficient (Wildman–Crippen LogP) is 4.27. The lowest BCUT2D eigenvalue weighted by Crippen LogP contribution is -2.24. The number of nitrogens with one attached hydrogen (secondary N) is 1. The smallest absolute Gasteiger partial charge is 0.386 e. The lowest BCUT2D eigenvalue weighted by Gasteiger charge is -2.23. The van der Waals surface area contributed by atoms with Crippen LogP contribution in [-0.2, 0) is 18.2 Å². The average molecular weight is 456 g/mol. The maximum Gasteiger partial charge on any atom is 0.433 e. The summed E-state index contributed by atoms with van der Waals surface area (Å²) in [5.74, 6) is -1.04. The molecule has 31 heavy (non-hydrogen) atoms. The van der Waals surface area contributed by atoms with E-state index in [2.05, 4.69) is 15.3 Å². The molecule has 0 bridgehead atoms. The second kappa shape index (κ2) is 8.46. The Morgan fingerprint density at radius 1 is 1.23 bits per heavy atom. The summed E-state index contributed by atoms with van der Waals surface area (Å²) in [6, 6.07) is 2.91. The number of thioether (sulfide) groups is 1. The van der Waals surface area contributed by atoms with Crippen molar-refractivity contribution in [3.05, 3.63) is 59.1 Å². The van der Waals surface area contributed by atoms with Gasteiger partial charge >= 0.3 is 6.18 Å². The van der Waals surface area contributed by atoms with Crippen LogP contribution >= 0.6 is 11.8 Å². The summed E-state index contributed by atoms with van der Waals surface area (Å²) in [5.41, 5.74) is -3.17. The van der Waals surface area contributed by atoms with Crippen LogP contribution in [0.15, 0.2) is 30.6 Å². The van der Waals surface area contributed by atoms with Gasteiger partial charge in [-0.1, -0.05) is 6.07 Å². The van der Waals surface area contributed by atoms with E-state index in [9.17, 15) is 23.1 Å². The number of aromatic nitrogens is 3. The molecule has 3 aromatic rings. The Balaban J connectivity index is 2.05. The standard InChI is InChI=1S/C20H20F4N4O2S/c1-19(2,30)15-13(10-28-9-11(7-8-31-3)25-17(28)16(15)21)27-18(29)12-5-4-6-14(26-12)20(22,23)24/h4-6,9-10,30H,7-8H2,1-3H3,(H,27,29). The number of nitrogens with zero attached hydrogens (tertiary/aromatic N) is 3. The van der Waals surface area contributed by atoms with Gasteiger partial charge < -0.3 is 14.8 Å². The van der Waals surface area contributed by atoms with Crippen molar-refractivity contribution in [1.82, 2.24) is 14.4 Å². The fourth-order valence-electron chi connectivity index (χ4n) is 3.06. The van der Waals surface area contributed by atoms with E-state index in [1.54, 1.807) is 18.0 Å². The van der Waals surface area contributed by atoms with Gasteiger partial charge in [0.1, 0.15) is 11.4 Å². The number of rotatable bonds is 6. The van der Waals surface area contributed by atoms with Crippen molar-refractivity contribution in [2.75, 3.05) is 17.3 Å². The summed E-state index contributed by atoms with van der Waals surface area (Å²) in [6.07, 6.45) is 0.769. The minimum Gasteiger partial charge on any atom is -0.386 e. The summed E-state index contributed by atoms with van der Waals surface area (Å²) in [7, 11) is 0. The molecule has 1 amide bonds. The molecule has 3 aromatic heterocycles. The molecule has 3 rings (SSSR count). The van der Waals surface area contributed by atoms with Crippen molar-refractivity contribution in [1.29, 1.82) is 0 Å². The maximum absolute atomic E-state index is 15.3. The quantitative estimate of drug-likeness (QED) is 0.542. The number of pyridine rings is 2. The highest BCUT2D eigenvalue weighted by Crippen LogP contribution is 2.33. The van der Waals surface area contributed by atoms with Gasteiger partial charge in [0.05, 0.1) is 17.0 Å².